The van der Waals surface area contributed by atoms with E-state index < -0.39 is 33.5 Å². The number of piperidine rings is 1. The number of aromatic nitrogens is 7. The zero-order valence-corrected chi connectivity index (χ0v) is 76.0. The van der Waals surface area contributed by atoms with Gasteiger partial charge in [0.15, 0.2) is 0 Å². The molecule has 0 bridgehead atoms. The van der Waals surface area contributed by atoms with Crippen molar-refractivity contribution in [2.75, 3.05) is 70.1 Å². The zero-order chi connectivity index (χ0) is 92.5. The van der Waals surface area contributed by atoms with Crippen molar-refractivity contribution >= 4 is 184 Å². The Morgan fingerprint density at radius 1 is 0.362 bits per heavy atom. The number of carbonyl (C=O) groups is 8. The molecule has 8 amide bonds. The monoisotopic (exact) mass is 1910 g/mol. The van der Waals surface area contributed by atoms with E-state index in [-0.39, 0.29) is 83.8 Å². The molecule has 35 heteroatoms. The van der Waals surface area contributed by atoms with Crippen molar-refractivity contribution in [3.05, 3.63) is 364 Å². The third-order valence-corrected chi connectivity index (χ3v) is 23.0. The molecule has 0 radical (unpaired) electrons. The molecule has 26 nitrogen and oxygen atoms in total. The second-order valence-corrected chi connectivity index (χ2v) is 34.5. The van der Waals surface area contributed by atoms with Crippen LogP contribution in [-0.2, 0) is 16.9 Å². The maximum Gasteiger partial charge on any atom is 0.257 e. The van der Waals surface area contributed by atoms with Crippen LogP contribution in [0.4, 0.5) is 34.4 Å². The molecule has 0 atom stereocenters. The molecule has 1 saturated heterocycles. The molecule has 14 aromatic rings. The number of amides is 8. The van der Waals surface area contributed by atoms with E-state index in [1.165, 1.54) is 54.6 Å². The highest BCUT2D eigenvalue weighted by molar-refractivity contribution is 7.90. The summed E-state index contributed by atoms with van der Waals surface area (Å²) in [4.78, 5) is 122. The Morgan fingerprint density at radius 2 is 0.685 bits per heavy atom. The average Bonchev–Trinajstić information content (AvgIpc) is 1.18. The second-order valence-electron chi connectivity index (χ2n) is 28.9. The molecule has 1 aliphatic heterocycles. The molecule has 0 spiro atoms. The number of hydrogen-bond donors (Lipinski definition) is 9. The third kappa shape index (κ3) is 26.9. The van der Waals surface area contributed by atoms with E-state index in [1.54, 1.807) is 164 Å². The largest absolute Gasteiger partial charge is 0.352 e. The van der Waals surface area contributed by atoms with Crippen LogP contribution in [0.15, 0.2) is 274 Å². The van der Waals surface area contributed by atoms with Gasteiger partial charge in [-0.2, -0.15) is 5.10 Å². The fourth-order valence-electron chi connectivity index (χ4n) is 12.9. The number of halogens is 8. The van der Waals surface area contributed by atoms with Gasteiger partial charge in [0.1, 0.15) is 21.5 Å². The van der Waals surface area contributed by atoms with Crippen molar-refractivity contribution in [3.8, 4) is 45.0 Å². The van der Waals surface area contributed by atoms with Crippen LogP contribution in [-0.4, -0.2) is 129 Å². The molecular formula is C95H78Cl8N16O10S. The van der Waals surface area contributed by atoms with E-state index in [4.69, 9.17) is 92.8 Å². The first kappa shape index (κ1) is 95.8. The van der Waals surface area contributed by atoms with E-state index in [2.05, 4.69) is 77.9 Å². The first-order valence-electron chi connectivity index (χ1n) is 39.7. The van der Waals surface area contributed by atoms with Crippen LogP contribution in [0.2, 0.25) is 40.2 Å². The van der Waals surface area contributed by atoms with Crippen molar-refractivity contribution < 1.29 is 46.8 Å². The lowest BCUT2D eigenvalue weighted by Gasteiger charge is -2.22. The van der Waals surface area contributed by atoms with Crippen LogP contribution in [0.1, 0.15) is 101 Å². The van der Waals surface area contributed by atoms with Gasteiger partial charge in [-0.25, -0.2) is 13.4 Å². The predicted octanol–water partition coefficient (Wildman–Crippen LogP) is 20.7. The van der Waals surface area contributed by atoms with Gasteiger partial charge in [0.05, 0.1) is 96.7 Å². The van der Waals surface area contributed by atoms with Crippen molar-refractivity contribution in [2.24, 2.45) is 13.0 Å². The SMILES string of the molecule is CS(=O)(=O)CCNC(=O)c1ccc(C(=O)Nc2ccc(Cl)c(-c3ccccn3)c2)c(Cl)c1.Cc1cc(NC(=O)c2ccc(C(=O)Nc3ccc(Cl)c(-c4ccccn4)c3)c(Cl)c2)n(C)n1.O=C(NCC1CCNCC1)c1ccc(C(=O)Nc2ccc(Cl)c(-c3ccccn3)c2)c(Cl)c1.O=C(Nc1ccccn1)c1ccc(C(=O)Nc2ccc(Cl)c(-c3ccccn3)c2)c(Cl)c1. The molecule has 0 saturated carbocycles. The van der Waals surface area contributed by atoms with Gasteiger partial charge in [0, 0.05) is 131 Å². The smallest absolute Gasteiger partial charge is 0.257 e. The number of nitrogens with one attached hydrogen (secondary N) is 9. The van der Waals surface area contributed by atoms with Crippen LogP contribution < -0.4 is 47.9 Å². The van der Waals surface area contributed by atoms with Crippen molar-refractivity contribution in [3.63, 3.8) is 0 Å². The number of pyridine rings is 5. The first-order valence-corrected chi connectivity index (χ1v) is 44.8. The average molecular weight is 1920 g/mol. The number of aryl methyl sites for hydroxylation is 2. The lowest BCUT2D eigenvalue weighted by molar-refractivity contribution is 0.0939. The highest BCUT2D eigenvalue weighted by atomic mass is 35.5. The van der Waals surface area contributed by atoms with Gasteiger partial charge in [0.2, 0.25) is 0 Å². The maximum absolute atomic E-state index is 12.8. The topological polar surface area (TPSA) is 361 Å². The Labute approximate surface area is 787 Å². The summed E-state index contributed by atoms with van der Waals surface area (Å²) in [6, 6.07) is 67.3. The molecular weight excluding hydrogens is 1840 g/mol. The number of sulfone groups is 1. The number of benzene rings is 8. The Balaban J connectivity index is 0.000000157. The number of nitrogens with zero attached hydrogens (tertiary/aromatic N) is 7. The number of hydrogen-bond acceptors (Lipinski definition) is 17. The lowest BCUT2D eigenvalue weighted by atomic mass is 9.98. The van der Waals surface area contributed by atoms with Gasteiger partial charge >= 0.3 is 0 Å². The van der Waals surface area contributed by atoms with Gasteiger partial charge in [0.25, 0.3) is 47.3 Å². The Kier molecular flexibility index (Phi) is 33.6. The van der Waals surface area contributed by atoms with Crippen LogP contribution in [0.25, 0.3) is 45.0 Å². The van der Waals surface area contributed by atoms with E-state index in [9.17, 15) is 46.8 Å². The van der Waals surface area contributed by atoms with Gasteiger partial charge in [-0.05, 0) is 245 Å². The molecule has 0 aliphatic carbocycles. The van der Waals surface area contributed by atoms with E-state index >= 15 is 0 Å². The highest BCUT2D eigenvalue weighted by Gasteiger charge is 2.24. The minimum atomic E-state index is -3.19. The summed E-state index contributed by atoms with van der Waals surface area (Å²) < 4.78 is 23.9. The summed E-state index contributed by atoms with van der Waals surface area (Å²) in [5.41, 5.74) is 10.6. The molecule has 15 rings (SSSR count). The van der Waals surface area contributed by atoms with Crippen LogP contribution >= 0.6 is 92.8 Å². The van der Waals surface area contributed by atoms with Crippen LogP contribution in [0.3, 0.4) is 0 Å². The molecule has 660 valence electrons. The van der Waals surface area contributed by atoms with Crippen LogP contribution in [0.5, 0.6) is 0 Å². The van der Waals surface area contributed by atoms with Crippen molar-refractivity contribution in [1.82, 2.24) is 50.7 Å². The van der Waals surface area contributed by atoms with Crippen molar-refractivity contribution in [2.45, 2.75) is 19.8 Å². The maximum atomic E-state index is 12.8. The molecule has 0 unspecified atom stereocenters. The summed E-state index contributed by atoms with van der Waals surface area (Å²) in [7, 11) is -1.45. The van der Waals surface area contributed by atoms with Gasteiger partial charge in [-0.1, -0.05) is 123 Å². The van der Waals surface area contributed by atoms with Gasteiger partial charge in [-0.15, -0.1) is 0 Å². The molecule has 8 aromatic carbocycles. The fourth-order valence-corrected chi connectivity index (χ4v) is 15.3. The second kappa shape index (κ2) is 45.6. The Bertz CT molecular complexity index is 6630. The minimum Gasteiger partial charge on any atom is -0.352 e. The first-order chi connectivity index (χ1) is 62.5. The van der Waals surface area contributed by atoms with Gasteiger partial charge < -0.3 is 47.9 Å². The van der Waals surface area contributed by atoms with Crippen molar-refractivity contribution in [1.29, 1.82) is 0 Å². The van der Waals surface area contributed by atoms with Crippen LogP contribution in [0, 0.1) is 12.8 Å². The summed E-state index contributed by atoms with van der Waals surface area (Å²) >= 11 is 50.4. The predicted molar refractivity (Wildman–Crippen MR) is 514 cm³/mol. The Hall–Kier alpha value is -13.3. The standard InChI is InChI=1S/C25H24Cl2N4O2.C24H19Cl2N5O2.C24H16Cl2N4O2.C22H19Cl2N3O4S/c26-21-7-5-18(14-20(21)23-3-1-2-10-29-23)31-25(33)19-6-4-17(13-22(19)27)24(32)30-15-16-8-11-28-12-9-16;1-14-11-22(31(2)30-14)29-23(32)15-6-8-17(20(26)12-15)24(33)28-16-7-9-19(25)18(13-16)21-5-3-4-10-27-21;25-19-10-8-16(14-18(19)21-5-1-3-11-27-21)29-24(32)17-9-7-15(13-20(17)26)23(31)30-22-6-2-4-12-28-22;1-32(30,31)11-10-26-21(28)14-5-7-16(19(24)12-14)22(29)27-15-6-8-18(23)17(13-15)20-4-2-3-9-25-20/h1-7,10,13-14,16,28H,8-9,11-12,15H2,(H,30,32)(H,31,33);3-13H,1-2H3,(H,28,33)(H,29,32);1-14H,(H,29,32)(H,28,30,31);2-9,12-13H,10-11H2,1H3,(H,26,28)(H,27,29). The number of rotatable bonds is 23. The normalized spacial score (nSPS) is 11.6. The third-order valence-electron chi connectivity index (χ3n) is 19.5. The van der Waals surface area contributed by atoms with E-state index in [0.29, 0.717) is 129 Å². The molecule has 6 aromatic heterocycles. The van der Waals surface area contributed by atoms with Gasteiger partial charge in [-0.3, -0.25) is 63.0 Å². The summed E-state index contributed by atoms with van der Waals surface area (Å²) in [6.07, 6.45) is 11.4. The lowest BCUT2D eigenvalue weighted by Crippen LogP contribution is -2.36. The highest BCUT2D eigenvalue weighted by Crippen LogP contribution is 2.36. The summed E-state index contributed by atoms with van der Waals surface area (Å²) in [6.45, 7) is 4.41. The number of carbonyl (C=O) groups excluding carboxylic acids is 8. The fraction of sp³-hybridized carbons (Fsp3) is 0.116. The molecule has 1 fully saturated rings. The molecule has 1 aliphatic rings. The minimum absolute atomic E-state index is 0.0211. The quantitative estimate of drug-likeness (QED) is 0.0287. The Morgan fingerprint density at radius 3 is 0.985 bits per heavy atom. The van der Waals surface area contributed by atoms with E-state index in [1.807, 2.05) is 73.7 Å². The summed E-state index contributed by atoms with van der Waals surface area (Å²) in [5.74, 6) is -1.81. The molecule has 130 heavy (non-hydrogen) atoms. The van der Waals surface area contributed by atoms with E-state index in [0.717, 1.165) is 37.9 Å². The zero-order valence-electron chi connectivity index (χ0n) is 69.2. The molecule has 9 N–H and O–H groups in total. The number of anilines is 6. The molecule has 7 heterocycles. The summed E-state index contributed by atoms with van der Waals surface area (Å²) in [5, 5.41) is 32.3.